The van der Waals surface area contributed by atoms with E-state index in [1.165, 1.54) is 5.56 Å². The van der Waals surface area contributed by atoms with E-state index < -0.39 is 0 Å². The molecule has 2 aromatic carbocycles. The molecule has 0 amide bonds. The quantitative estimate of drug-likeness (QED) is 0.499. The lowest BCUT2D eigenvalue weighted by molar-refractivity contribution is 0.414. The van der Waals surface area contributed by atoms with Crippen LogP contribution in [0.25, 0.3) is 11.0 Å². The van der Waals surface area contributed by atoms with E-state index in [1.54, 1.807) is 7.11 Å². The highest BCUT2D eigenvalue weighted by Gasteiger charge is 2.07. The number of imidazole rings is 1. The molecule has 0 aliphatic carbocycles. The van der Waals surface area contributed by atoms with Gasteiger partial charge in [-0.1, -0.05) is 24.3 Å². The smallest absolute Gasteiger partial charge is 0.191 e. The lowest BCUT2D eigenvalue weighted by atomic mass is 10.1. The number of benzene rings is 2. The van der Waals surface area contributed by atoms with Gasteiger partial charge >= 0.3 is 0 Å². The Morgan fingerprint density at radius 2 is 1.89 bits per heavy atom. The Morgan fingerprint density at radius 1 is 1.11 bits per heavy atom. The second-order valence-corrected chi connectivity index (χ2v) is 6.30. The third kappa shape index (κ3) is 4.78. The van der Waals surface area contributed by atoms with Crippen LogP contribution in [0.3, 0.4) is 0 Å². The number of hydrogen-bond acceptors (Lipinski definition) is 3. The minimum atomic E-state index is 0.531. The Kier molecular flexibility index (Phi) is 6.30. The maximum Gasteiger partial charge on any atom is 0.191 e. The van der Waals surface area contributed by atoms with Crippen molar-refractivity contribution in [2.45, 2.75) is 19.9 Å². The number of fused-ring (bicyclic) bond motifs is 1. The summed E-state index contributed by atoms with van der Waals surface area (Å²) in [7, 11) is 3.71. The minimum Gasteiger partial charge on any atom is -0.497 e. The van der Waals surface area contributed by atoms with Crippen molar-refractivity contribution < 1.29 is 4.74 Å². The van der Waals surface area contributed by atoms with Crippen LogP contribution in [0.4, 0.5) is 0 Å². The van der Waals surface area contributed by atoms with E-state index in [0.717, 1.165) is 48.1 Å². The number of para-hydroxylation sites is 2. The molecule has 142 valence electrons. The van der Waals surface area contributed by atoms with Crippen LogP contribution in [0.1, 0.15) is 18.3 Å². The van der Waals surface area contributed by atoms with Gasteiger partial charge < -0.3 is 19.9 Å². The Morgan fingerprint density at radius 3 is 2.59 bits per heavy atom. The van der Waals surface area contributed by atoms with Crippen LogP contribution < -0.4 is 15.4 Å². The van der Waals surface area contributed by atoms with Gasteiger partial charge in [0.25, 0.3) is 0 Å². The van der Waals surface area contributed by atoms with E-state index in [2.05, 4.69) is 50.3 Å². The average molecular weight is 365 g/mol. The van der Waals surface area contributed by atoms with Gasteiger partial charge in [0.15, 0.2) is 5.96 Å². The van der Waals surface area contributed by atoms with Crippen molar-refractivity contribution in [3.05, 3.63) is 59.9 Å². The summed E-state index contributed by atoms with van der Waals surface area (Å²) >= 11 is 0. The monoisotopic (exact) mass is 365 g/mol. The van der Waals surface area contributed by atoms with Crippen molar-refractivity contribution >= 4 is 17.0 Å². The SMILES string of the molecule is CCNC(=NCc1nc2ccccc2n1C)NCCc1ccc(OC)cc1. The van der Waals surface area contributed by atoms with Gasteiger partial charge in [0.2, 0.25) is 0 Å². The molecule has 27 heavy (non-hydrogen) atoms. The fourth-order valence-corrected chi connectivity index (χ4v) is 2.95. The molecule has 0 saturated carbocycles. The predicted octanol–water partition coefficient (Wildman–Crippen LogP) is 2.88. The highest BCUT2D eigenvalue weighted by atomic mass is 16.5. The molecule has 3 aromatic rings. The normalized spacial score (nSPS) is 11.6. The average Bonchev–Trinajstić information content (AvgIpc) is 3.02. The molecular formula is C21H27N5O. The van der Waals surface area contributed by atoms with E-state index in [1.807, 2.05) is 37.4 Å². The first-order valence-electron chi connectivity index (χ1n) is 9.26. The summed E-state index contributed by atoms with van der Waals surface area (Å²) in [4.78, 5) is 9.37. The van der Waals surface area contributed by atoms with Crippen LogP contribution >= 0.6 is 0 Å². The third-order valence-corrected chi connectivity index (χ3v) is 4.47. The van der Waals surface area contributed by atoms with Gasteiger partial charge in [0, 0.05) is 20.1 Å². The van der Waals surface area contributed by atoms with Gasteiger partial charge in [-0.25, -0.2) is 9.98 Å². The van der Waals surface area contributed by atoms with E-state index in [4.69, 9.17) is 4.74 Å². The van der Waals surface area contributed by atoms with Crippen LogP contribution in [-0.4, -0.2) is 35.7 Å². The first kappa shape index (κ1) is 18.8. The van der Waals surface area contributed by atoms with E-state index in [0.29, 0.717) is 6.54 Å². The highest BCUT2D eigenvalue weighted by Crippen LogP contribution is 2.14. The van der Waals surface area contributed by atoms with Crippen LogP contribution in [-0.2, 0) is 20.0 Å². The van der Waals surface area contributed by atoms with Crippen molar-refractivity contribution in [3.8, 4) is 5.75 Å². The highest BCUT2D eigenvalue weighted by molar-refractivity contribution is 5.80. The summed E-state index contributed by atoms with van der Waals surface area (Å²) in [6, 6.07) is 16.3. The molecule has 0 atom stereocenters. The molecule has 6 heteroatoms. The number of methoxy groups -OCH3 is 1. The minimum absolute atomic E-state index is 0.531. The number of ether oxygens (including phenoxy) is 1. The van der Waals surface area contributed by atoms with Crippen molar-refractivity contribution in [3.63, 3.8) is 0 Å². The molecule has 0 radical (unpaired) electrons. The number of hydrogen-bond donors (Lipinski definition) is 2. The van der Waals surface area contributed by atoms with Gasteiger partial charge in [-0.2, -0.15) is 0 Å². The summed E-state index contributed by atoms with van der Waals surface area (Å²) in [5.74, 6) is 2.63. The van der Waals surface area contributed by atoms with Crippen molar-refractivity contribution in [1.29, 1.82) is 0 Å². The molecule has 1 aromatic heterocycles. The number of aryl methyl sites for hydroxylation is 1. The second-order valence-electron chi connectivity index (χ2n) is 6.30. The predicted molar refractivity (Wildman–Crippen MR) is 110 cm³/mol. The molecule has 0 spiro atoms. The van der Waals surface area contributed by atoms with E-state index >= 15 is 0 Å². The molecule has 0 aliphatic heterocycles. The van der Waals surface area contributed by atoms with Gasteiger partial charge in [-0.15, -0.1) is 0 Å². The second kappa shape index (κ2) is 9.07. The molecule has 0 unspecified atom stereocenters. The number of nitrogens with one attached hydrogen (secondary N) is 2. The zero-order valence-corrected chi connectivity index (χ0v) is 16.2. The summed E-state index contributed by atoms with van der Waals surface area (Å²) in [6.07, 6.45) is 0.917. The summed E-state index contributed by atoms with van der Waals surface area (Å²) in [5, 5.41) is 6.68. The Bertz CT molecular complexity index is 899. The molecule has 0 aliphatic rings. The zero-order valence-electron chi connectivity index (χ0n) is 16.2. The van der Waals surface area contributed by atoms with Crippen molar-refractivity contribution in [2.75, 3.05) is 20.2 Å². The fraction of sp³-hybridized carbons (Fsp3) is 0.333. The largest absolute Gasteiger partial charge is 0.497 e. The fourth-order valence-electron chi connectivity index (χ4n) is 2.95. The van der Waals surface area contributed by atoms with Crippen molar-refractivity contribution in [2.24, 2.45) is 12.0 Å². The maximum absolute atomic E-state index is 5.20. The van der Waals surface area contributed by atoms with Crippen LogP contribution in [0.2, 0.25) is 0 Å². The molecule has 0 fully saturated rings. The third-order valence-electron chi connectivity index (χ3n) is 4.47. The molecule has 2 N–H and O–H groups in total. The number of aromatic nitrogens is 2. The Balaban J connectivity index is 1.60. The molecule has 0 bridgehead atoms. The van der Waals surface area contributed by atoms with Gasteiger partial charge in [0.05, 0.1) is 18.1 Å². The lowest BCUT2D eigenvalue weighted by Crippen LogP contribution is -2.38. The number of rotatable bonds is 7. The first-order chi connectivity index (χ1) is 13.2. The van der Waals surface area contributed by atoms with Crippen LogP contribution in [0.5, 0.6) is 5.75 Å². The number of guanidine groups is 1. The Labute approximate surface area is 160 Å². The summed E-state index contributed by atoms with van der Waals surface area (Å²) < 4.78 is 7.29. The lowest BCUT2D eigenvalue weighted by Gasteiger charge is -2.11. The van der Waals surface area contributed by atoms with Gasteiger partial charge in [0.1, 0.15) is 18.1 Å². The standard InChI is InChI=1S/C21H27N5O/c1-4-22-21(23-14-13-16-9-11-17(27-3)12-10-16)24-15-20-25-18-7-5-6-8-19(18)26(20)2/h5-12H,4,13-15H2,1-3H3,(H2,22,23,24). The van der Waals surface area contributed by atoms with Crippen LogP contribution in [0.15, 0.2) is 53.5 Å². The molecule has 3 rings (SSSR count). The summed E-state index contributed by atoms with van der Waals surface area (Å²) in [6.45, 7) is 4.22. The summed E-state index contributed by atoms with van der Waals surface area (Å²) in [5.41, 5.74) is 3.39. The first-order valence-corrected chi connectivity index (χ1v) is 9.26. The zero-order chi connectivity index (χ0) is 19.1. The molecule has 0 saturated heterocycles. The number of nitrogens with zero attached hydrogens (tertiary/aromatic N) is 3. The van der Waals surface area contributed by atoms with E-state index in [-0.39, 0.29) is 0 Å². The molecule has 1 heterocycles. The molecular weight excluding hydrogens is 338 g/mol. The Hall–Kier alpha value is -3.02. The van der Waals surface area contributed by atoms with E-state index in [9.17, 15) is 0 Å². The number of aliphatic imine (C=N–C) groups is 1. The molecule has 6 nitrogen and oxygen atoms in total. The van der Waals surface area contributed by atoms with Crippen molar-refractivity contribution in [1.82, 2.24) is 20.2 Å². The van der Waals surface area contributed by atoms with Gasteiger partial charge in [-0.3, -0.25) is 0 Å². The topological polar surface area (TPSA) is 63.5 Å². The van der Waals surface area contributed by atoms with Crippen LogP contribution in [0, 0.1) is 0 Å². The maximum atomic E-state index is 5.20. The van der Waals surface area contributed by atoms with Gasteiger partial charge in [-0.05, 0) is 43.2 Å².